The van der Waals surface area contributed by atoms with Crippen LogP contribution in [0.15, 0.2) is 28.7 Å². The van der Waals surface area contributed by atoms with Gasteiger partial charge >= 0.3 is 0 Å². The van der Waals surface area contributed by atoms with E-state index in [4.69, 9.17) is 9.47 Å². The molecule has 15 heavy (non-hydrogen) atoms. The van der Waals surface area contributed by atoms with Gasteiger partial charge in [-0.25, -0.2) is 0 Å². The number of rotatable bonds is 3. The molecule has 2 nitrogen and oxygen atoms in total. The summed E-state index contributed by atoms with van der Waals surface area (Å²) in [4.78, 5) is 0. The van der Waals surface area contributed by atoms with Gasteiger partial charge in [0.05, 0.1) is 17.7 Å². The topological polar surface area (TPSA) is 18.5 Å². The normalized spacial score (nSPS) is 21.3. The van der Waals surface area contributed by atoms with Crippen molar-refractivity contribution in [2.45, 2.75) is 12.8 Å². The number of hydrogen-bond donors (Lipinski definition) is 0. The molecule has 2 rings (SSSR count). The summed E-state index contributed by atoms with van der Waals surface area (Å²) in [7, 11) is 0. The molecule has 1 atom stereocenters. The zero-order valence-electron chi connectivity index (χ0n) is 8.62. The highest BCUT2D eigenvalue weighted by atomic mass is 79.9. The van der Waals surface area contributed by atoms with E-state index in [0.717, 1.165) is 36.5 Å². The Morgan fingerprint density at radius 2 is 2.27 bits per heavy atom. The van der Waals surface area contributed by atoms with Gasteiger partial charge in [-0.05, 0) is 40.9 Å². The highest BCUT2D eigenvalue weighted by Gasteiger charge is 2.14. The third kappa shape index (κ3) is 3.21. The molecule has 1 heterocycles. The van der Waals surface area contributed by atoms with Crippen molar-refractivity contribution in [2.24, 2.45) is 5.92 Å². The molecule has 1 fully saturated rings. The van der Waals surface area contributed by atoms with E-state index in [0.29, 0.717) is 5.92 Å². The minimum atomic E-state index is 0.547. The van der Waals surface area contributed by atoms with Crippen LogP contribution in [-0.4, -0.2) is 19.8 Å². The number of benzene rings is 1. The van der Waals surface area contributed by atoms with Crippen LogP contribution in [-0.2, 0) is 4.74 Å². The largest absolute Gasteiger partial charge is 0.492 e. The first-order valence-corrected chi connectivity index (χ1v) is 6.10. The summed E-state index contributed by atoms with van der Waals surface area (Å²) in [6.07, 6.45) is 2.37. The second-order valence-electron chi connectivity index (χ2n) is 3.82. The van der Waals surface area contributed by atoms with Gasteiger partial charge in [0.2, 0.25) is 0 Å². The van der Waals surface area contributed by atoms with Crippen molar-refractivity contribution in [1.82, 2.24) is 0 Å². The maximum atomic E-state index is 5.75. The minimum absolute atomic E-state index is 0.547. The fraction of sp³-hybridized carbons (Fsp3) is 0.500. The van der Waals surface area contributed by atoms with Crippen LogP contribution in [0.2, 0.25) is 0 Å². The van der Waals surface area contributed by atoms with Crippen LogP contribution in [0.5, 0.6) is 5.75 Å². The lowest BCUT2D eigenvalue weighted by molar-refractivity contribution is 0.0350. The molecular formula is C12H15BrO2. The first kappa shape index (κ1) is 11.0. The molecule has 0 aromatic heterocycles. The Bertz CT molecular complexity index is 308. The van der Waals surface area contributed by atoms with Crippen LogP contribution >= 0.6 is 15.9 Å². The first-order chi connectivity index (χ1) is 7.36. The third-order valence-corrected chi connectivity index (χ3v) is 3.22. The number of hydrogen-bond acceptors (Lipinski definition) is 2. The molecule has 1 aliphatic rings. The molecule has 1 aliphatic heterocycles. The summed E-state index contributed by atoms with van der Waals surface area (Å²) in [6, 6.07) is 7.94. The monoisotopic (exact) mass is 270 g/mol. The van der Waals surface area contributed by atoms with Gasteiger partial charge in [0.25, 0.3) is 0 Å². The fourth-order valence-electron chi connectivity index (χ4n) is 1.71. The Kier molecular flexibility index (Phi) is 4.03. The number of para-hydroxylation sites is 1. The molecule has 0 bridgehead atoms. The summed E-state index contributed by atoms with van der Waals surface area (Å²) in [6.45, 7) is 2.50. The molecule has 1 aromatic rings. The first-order valence-electron chi connectivity index (χ1n) is 5.31. The quantitative estimate of drug-likeness (QED) is 0.840. The van der Waals surface area contributed by atoms with Crippen LogP contribution in [0.4, 0.5) is 0 Å². The molecule has 1 aromatic carbocycles. The molecule has 82 valence electrons. The summed E-state index contributed by atoms with van der Waals surface area (Å²) in [5.74, 6) is 1.47. The predicted molar refractivity (Wildman–Crippen MR) is 63.2 cm³/mol. The van der Waals surface area contributed by atoms with Crippen molar-refractivity contribution < 1.29 is 9.47 Å². The van der Waals surface area contributed by atoms with Crippen LogP contribution in [0.3, 0.4) is 0 Å². The molecular weight excluding hydrogens is 256 g/mol. The number of ether oxygens (including phenoxy) is 2. The maximum Gasteiger partial charge on any atom is 0.133 e. The summed E-state index contributed by atoms with van der Waals surface area (Å²) >= 11 is 3.47. The van der Waals surface area contributed by atoms with Gasteiger partial charge in [-0.3, -0.25) is 0 Å². The van der Waals surface area contributed by atoms with Crippen molar-refractivity contribution in [3.05, 3.63) is 28.7 Å². The van der Waals surface area contributed by atoms with Gasteiger partial charge in [-0.2, -0.15) is 0 Å². The van der Waals surface area contributed by atoms with Crippen molar-refractivity contribution in [3.63, 3.8) is 0 Å². The van der Waals surface area contributed by atoms with Gasteiger partial charge in [-0.1, -0.05) is 12.1 Å². The highest BCUT2D eigenvalue weighted by molar-refractivity contribution is 9.10. The van der Waals surface area contributed by atoms with E-state index in [-0.39, 0.29) is 0 Å². The van der Waals surface area contributed by atoms with E-state index >= 15 is 0 Å². The summed E-state index contributed by atoms with van der Waals surface area (Å²) in [5, 5.41) is 0. The van der Waals surface area contributed by atoms with E-state index in [9.17, 15) is 0 Å². The van der Waals surface area contributed by atoms with Gasteiger partial charge in [-0.15, -0.1) is 0 Å². The molecule has 0 N–H and O–H groups in total. The molecule has 0 aliphatic carbocycles. The minimum Gasteiger partial charge on any atom is -0.492 e. The summed E-state index contributed by atoms with van der Waals surface area (Å²) < 4.78 is 12.2. The molecule has 3 heteroatoms. The lowest BCUT2D eigenvalue weighted by Gasteiger charge is -2.22. The second-order valence-corrected chi connectivity index (χ2v) is 4.68. The maximum absolute atomic E-state index is 5.75. The van der Waals surface area contributed by atoms with Crippen LogP contribution in [0, 0.1) is 5.92 Å². The zero-order valence-corrected chi connectivity index (χ0v) is 10.2. The molecule has 1 saturated heterocycles. The van der Waals surface area contributed by atoms with Crippen LogP contribution in [0.1, 0.15) is 12.8 Å². The summed E-state index contributed by atoms with van der Waals surface area (Å²) in [5.41, 5.74) is 0. The Morgan fingerprint density at radius 1 is 1.40 bits per heavy atom. The van der Waals surface area contributed by atoms with Gasteiger partial charge in [0, 0.05) is 12.5 Å². The smallest absolute Gasteiger partial charge is 0.133 e. The standard InChI is InChI=1S/C12H15BrO2/c13-11-5-1-2-6-12(11)15-9-10-4-3-7-14-8-10/h1-2,5-6,10H,3-4,7-9H2/t10-/m0/s1. The van der Waals surface area contributed by atoms with Gasteiger partial charge in [0.1, 0.15) is 5.75 Å². The van der Waals surface area contributed by atoms with Crippen molar-refractivity contribution >= 4 is 15.9 Å². The second kappa shape index (κ2) is 5.52. The molecule has 0 amide bonds. The molecule has 0 spiro atoms. The Hall–Kier alpha value is -0.540. The van der Waals surface area contributed by atoms with Crippen molar-refractivity contribution in [3.8, 4) is 5.75 Å². The van der Waals surface area contributed by atoms with Crippen molar-refractivity contribution in [2.75, 3.05) is 19.8 Å². The lowest BCUT2D eigenvalue weighted by atomic mass is 10.0. The van der Waals surface area contributed by atoms with Crippen LogP contribution in [0.25, 0.3) is 0 Å². The van der Waals surface area contributed by atoms with E-state index < -0.39 is 0 Å². The SMILES string of the molecule is Brc1ccccc1OC[C@H]1CCCOC1. The Morgan fingerprint density at radius 3 is 3.00 bits per heavy atom. The average molecular weight is 271 g/mol. The van der Waals surface area contributed by atoms with Gasteiger partial charge in [0.15, 0.2) is 0 Å². The van der Waals surface area contributed by atoms with E-state index in [1.165, 1.54) is 6.42 Å². The Balaban J connectivity index is 1.84. The van der Waals surface area contributed by atoms with E-state index in [1.54, 1.807) is 0 Å². The molecule has 0 unspecified atom stereocenters. The lowest BCUT2D eigenvalue weighted by Crippen LogP contribution is -2.23. The zero-order chi connectivity index (χ0) is 10.5. The van der Waals surface area contributed by atoms with Crippen molar-refractivity contribution in [1.29, 1.82) is 0 Å². The highest BCUT2D eigenvalue weighted by Crippen LogP contribution is 2.25. The van der Waals surface area contributed by atoms with Gasteiger partial charge < -0.3 is 9.47 Å². The fourth-order valence-corrected chi connectivity index (χ4v) is 2.11. The average Bonchev–Trinajstić information content (AvgIpc) is 2.29. The Labute approximate surface area is 98.7 Å². The molecule has 0 saturated carbocycles. The number of halogens is 1. The predicted octanol–water partition coefficient (Wildman–Crippen LogP) is 3.25. The van der Waals surface area contributed by atoms with E-state index in [1.807, 2.05) is 24.3 Å². The molecule has 0 radical (unpaired) electrons. The third-order valence-electron chi connectivity index (χ3n) is 2.57. The van der Waals surface area contributed by atoms with Crippen LogP contribution < -0.4 is 4.74 Å². The van der Waals surface area contributed by atoms with E-state index in [2.05, 4.69) is 15.9 Å².